The van der Waals surface area contributed by atoms with Crippen molar-refractivity contribution < 1.29 is 9.59 Å². The van der Waals surface area contributed by atoms with Gasteiger partial charge in [-0.1, -0.05) is 36.4 Å². The Hall–Kier alpha value is -2.62. The molecular formula is C22H26N2O2. The van der Waals surface area contributed by atoms with E-state index in [9.17, 15) is 9.59 Å². The molecule has 0 atom stereocenters. The van der Waals surface area contributed by atoms with Crippen LogP contribution >= 0.6 is 0 Å². The molecule has 4 heteroatoms. The molecule has 1 fully saturated rings. The van der Waals surface area contributed by atoms with E-state index in [2.05, 4.69) is 35.6 Å². The van der Waals surface area contributed by atoms with Crippen LogP contribution in [0.15, 0.2) is 54.6 Å². The molecule has 0 radical (unpaired) electrons. The van der Waals surface area contributed by atoms with E-state index in [1.165, 1.54) is 12.5 Å². The summed E-state index contributed by atoms with van der Waals surface area (Å²) >= 11 is 0. The Morgan fingerprint density at radius 1 is 0.962 bits per heavy atom. The molecule has 2 aromatic rings. The van der Waals surface area contributed by atoms with Gasteiger partial charge in [0.25, 0.3) is 5.91 Å². The van der Waals surface area contributed by atoms with Crippen molar-refractivity contribution in [2.75, 3.05) is 12.4 Å². The molecule has 0 aromatic heterocycles. The molecule has 1 aliphatic rings. The van der Waals surface area contributed by atoms with Gasteiger partial charge in [0, 0.05) is 31.3 Å². The Morgan fingerprint density at radius 3 is 2.31 bits per heavy atom. The Kier molecular flexibility index (Phi) is 5.71. The van der Waals surface area contributed by atoms with E-state index in [1.54, 1.807) is 24.3 Å². The fourth-order valence-electron chi connectivity index (χ4n) is 3.82. The van der Waals surface area contributed by atoms with Crippen molar-refractivity contribution in [3.05, 3.63) is 65.7 Å². The standard InChI is InChI=1S/C22H26N2O2/c1-16(25)23-20-10-6-9-19(15-20)22(26)24(2)21-13-11-18(12-14-21)17-7-4-3-5-8-17/h3-10,15,18,21H,11-14H2,1-2H3,(H,23,25). The maximum atomic E-state index is 12.8. The van der Waals surface area contributed by atoms with E-state index in [4.69, 9.17) is 0 Å². The van der Waals surface area contributed by atoms with Crippen LogP contribution in [0.2, 0.25) is 0 Å². The predicted octanol–water partition coefficient (Wildman–Crippen LogP) is 4.44. The molecule has 2 amide bonds. The van der Waals surface area contributed by atoms with Crippen LogP contribution in [-0.4, -0.2) is 29.8 Å². The number of rotatable bonds is 4. The molecule has 0 heterocycles. The maximum Gasteiger partial charge on any atom is 0.253 e. The topological polar surface area (TPSA) is 49.4 Å². The van der Waals surface area contributed by atoms with Crippen LogP contribution in [-0.2, 0) is 4.79 Å². The zero-order valence-electron chi connectivity index (χ0n) is 15.4. The Bertz CT molecular complexity index is 765. The molecule has 0 saturated heterocycles. The molecular weight excluding hydrogens is 324 g/mol. The smallest absolute Gasteiger partial charge is 0.253 e. The number of hydrogen-bond acceptors (Lipinski definition) is 2. The average Bonchev–Trinajstić information content (AvgIpc) is 2.67. The number of hydrogen-bond donors (Lipinski definition) is 1. The molecule has 0 aliphatic heterocycles. The Balaban J connectivity index is 1.62. The quantitative estimate of drug-likeness (QED) is 0.886. The van der Waals surface area contributed by atoms with Gasteiger partial charge in [-0.2, -0.15) is 0 Å². The van der Waals surface area contributed by atoms with Gasteiger partial charge in [0.15, 0.2) is 0 Å². The highest BCUT2D eigenvalue weighted by atomic mass is 16.2. The molecule has 1 N–H and O–H groups in total. The summed E-state index contributed by atoms with van der Waals surface area (Å²) in [4.78, 5) is 25.9. The average molecular weight is 350 g/mol. The molecule has 0 spiro atoms. The second-order valence-corrected chi connectivity index (χ2v) is 7.09. The van der Waals surface area contributed by atoms with Crippen LogP contribution in [0.3, 0.4) is 0 Å². The minimum Gasteiger partial charge on any atom is -0.339 e. The molecule has 1 saturated carbocycles. The molecule has 2 aromatic carbocycles. The summed E-state index contributed by atoms with van der Waals surface area (Å²) in [6, 6.07) is 18.1. The summed E-state index contributed by atoms with van der Waals surface area (Å²) < 4.78 is 0. The van der Waals surface area contributed by atoms with Crippen LogP contribution in [0.25, 0.3) is 0 Å². The third-order valence-electron chi connectivity index (χ3n) is 5.27. The largest absolute Gasteiger partial charge is 0.339 e. The van der Waals surface area contributed by atoms with E-state index in [0.29, 0.717) is 17.2 Å². The summed E-state index contributed by atoms with van der Waals surface area (Å²) in [5.41, 5.74) is 2.68. The van der Waals surface area contributed by atoms with Gasteiger partial charge in [0.05, 0.1) is 0 Å². The number of carbonyl (C=O) groups is 2. The Morgan fingerprint density at radius 2 is 1.65 bits per heavy atom. The van der Waals surface area contributed by atoms with Gasteiger partial charge in [0.2, 0.25) is 5.91 Å². The molecule has 0 unspecified atom stereocenters. The SMILES string of the molecule is CC(=O)Nc1cccc(C(=O)N(C)C2CCC(c3ccccc3)CC2)c1. The normalized spacial score (nSPS) is 19.6. The van der Waals surface area contributed by atoms with Gasteiger partial charge in [-0.15, -0.1) is 0 Å². The molecule has 1 aliphatic carbocycles. The highest BCUT2D eigenvalue weighted by Crippen LogP contribution is 2.34. The lowest BCUT2D eigenvalue weighted by atomic mass is 9.81. The second kappa shape index (κ2) is 8.17. The number of carbonyl (C=O) groups excluding carboxylic acids is 2. The number of nitrogens with one attached hydrogen (secondary N) is 1. The Labute approximate surface area is 155 Å². The second-order valence-electron chi connectivity index (χ2n) is 7.09. The third kappa shape index (κ3) is 4.31. The van der Waals surface area contributed by atoms with Crippen LogP contribution in [0, 0.1) is 0 Å². The van der Waals surface area contributed by atoms with Gasteiger partial charge >= 0.3 is 0 Å². The first kappa shape index (κ1) is 18.2. The lowest BCUT2D eigenvalue weighted by molar-refractivity contribution is -0.114. The minimum absolute atomic E-state index is 0.0142. The van der Waals surface area contributed by atoms with Crippen LogP contribution < -0.4 is 5.32 Å². The van der Waals surface area contributed by atoms with Crippen molar-refractivity contribution in [2.45, 2.75) is 44.6 Å². The van der Waals surface area contributed by atoms with E-state index in [0.717, 1.165) is 25.7 Å². The van der Waals surface area contributed by atoms with Crippen LogP contribution in [0.1, 0.15) is 54.4 Å². The first-order valence-corrected chi connectivity index (χ1v) is 9.24. The summed E-state index contributed by atoms with van der Waals surface area (Å²) in [7, 11) is 1.89. The molecule has 136 valence electrons. The zero-order valence-corrected chi connectivity index (χ0v) is 15.4. The number of amides is 2. The van der Waals surface area contributed by atoms with Crippen LogP contribution in [0.5, 0.6) is 0 Å². The number of benzene rings is 2. The van der Waals surface area contributed by atoms with Crippen molar-refractivity contribution in [3.8, 4) is 0 Å². The summed E-state index contributed by atoms with van der Waals surface area (Å²) in [5.74, 6) is 0.474. The zero-order chi connectivity index (χ0) is 18.5. The minimum atomic E-state index is -0.137. The van der Waals surface area contributed by atoms with Gasteiger partial charge in [0.1, 0.15) is 0 Å². The third-order valence-corrected chi connectivity index (χ3v) is 5.27. The molecule has 3 rings (SSSR count). The van der Waals surface area contributed by atoms with Gasteiger partial charge in [-0.3, -0.25) is 9.59 Å². The fraction of sp³-hybridized carbons (Fsp3) is 0.364. The fourth-order valence-corrected chi connectivity index (χ4v) is 3.82. The number of anilines is 1. The monoisotopic (exact) mass is 350 g/mol. The highest BCUT2D eigenvalue weighted by Gasteiger charge is 2.27. The lowest BCUT2D eigenvalue weighted by Gasteiger charge is -2.35. The van der Waals surface area contributed by atoms with Crippen molar-refractivity contribution in [2.24, 2.45) is 0 Å². The molecule has 26 heavy (non-hydrogen) atoms. The van der Waals surface area contributed by atoms with Crippen molar-refractivity contribution in [1.29, 1.82) is 0 Å². The van der Waals surface area contributed by atoms with Crippen molar-refractivity contribution in [3.63, 3.8) is 0 Å². The lowest BCUT2D eigenvalue weighted by Crippen LogP contribution is -2.39. The summed E-state index contributed by atoms with van der Waals surface area (Å²) in [5, 5.41) is 2.73. The van der Waals surface area contributed by atoms with Crippen LogP contribution in [0.4, 0.5) is 5.69 Å². The van der Waals surface area contributed by atoms with E-state index in [1.807, 2.05) is 11.9 Å². The summed E-state index contributed by atoms with van der Waals surface area (Å²) in [6.45, 7) is 1.46. The number of nitrogens with zero attached hydrogens (tertiary/aromatic N) is 1. The maximum absolute atomic E-state index is 12.8. The van der Waals surface area contributed by atoms with E-state index < -0.39 is 0 Å². The van der Waals surface area contributed by atoms with E-state index >= 15 is 0 Å². The highest BCUT2D eigenvalue weighted by molar-refractivity contribution is 5.96. The molecule has 4 nitrogen and oxygen atoms in total. The summed E-state index contributed by atoms with van der Waals surface area (Å²) in [6.07, 6.45) is 4.26. The van der Waals surface area contributed by atoms with Crippen molar-refractivity contribution >= 4 is 17.5 Å². The van der Waals surface area contributed by atoms with Gasteiger partial charge < -0.3 is 10.2 Å². The van der Waals surface area contributed by atoms with E-state index in [-0.39, 0.29) is 17.9 Å². The first-order valence-electron chi connectivity index (χ1n) is 9.24. The van der Waals surface area contributed by atoms with Gasteiger partial charge in [-0.25, -0.2) is 0 Å². The molecule has 0 bridgehead atoms. The van der Waals surface area contributed by atoms with Gasteiger partial charge in [-0.05, 0) is 55.4 Å². The predicted molar refractivity (Wildman–Crippen MR) is 104 cm³/mol. The van der Waals surface area contributed by atoms with Crippen molar-refractivity contribution in [1.82, 2.24) is 4.90 Å². The first-order chi connectivity index (χ1) is 12.5.